The predicted molar refractivity (Wildman–Crippen MR) is 190 cm³/mol. The number of aromatic amines is 1. The van der Waals surface area contributed by atoms with Crippen molar-refractivity contribution in [3.63, 3.8) is 0 Å². The van der Waals surface area contributed by atoms with Gasteiger partial charge in [-0.1, -0.05) is 11.6 Å². The molecule has 5 aromatic rings. The summed E-state index contributed by atoms with van der Waals surface area (Å²) in [4.78, 5) is 40.2. The van der Waals surface area contributed by atoms with E-state index in [1.165, 1.54) is 29.7 Å². The molecule has 3 atom stereocenters. The molecule has 3 aliphatic rings. The van der Waals surface area contributed by atoms with Crippen LogP contribution in [0.4, 0.5) is 19.0 Å². The first-order valence-corrected chi connectivity index (χ1v) is 17.6. The Hall–Kier alpha value is -5.40. The molecule has 13 nitrogen and oxygen atoms in total. The highest BCUT2D eigenvalue weighted by atomic mass is 35.5. The van der Waals surface area contributed by atoms with Gasteiger partial charge < -0.3 is 14.5 Å². The number of nitrogens with one attached hydrogen (secondary N) is 1. The number of aromatic nitrogens is 7. The molecule has 0 bridgehead atoms. The third kappa shape index (κ3) is 6.27. The number of carbonyl (C=O) groups excluding carboxylic acids is 1. The molecule has 0 aliphatic carbocycles. The molecular weight excluding hydrogens is 711 g/mol. The van der Waals surface area contributed by atoms with Crippen molar-refractivity contribution in [2.45, 2.75) is 50.4 Å². The Morgan fingerprint density at radius 3 is 2.85 bits per heavy atom. The lowest BCUT2D eigenvalue weighted by atomic mass is 9.95. The Bertz CT molecular complexity index is 2300. The second kappa shape index (κ2) is 13.9. The molecule has 0 radical (unpaired) electrons. The average Bonchev–Trinajstić information content (AvgIpc) is 3.86. The first-order chi connectivity index (χ1) is 25.7. The largest absolute Gasteiger partial charge is 0.461 e. The SMILES string of the molecule is Cc1cc2[nH]ncc2c(-c2ncc3c(N4CCN(C(=O)/C(F)=C/c5cnccn5)[C@@H](CC#N)C4)nc(OC[C@@]45CCCN4C[C@H](F)C5)nc3c2F)c1Cl. The molecule has 0 saturated carbocycles. The van der Waals surface area contributed by atoms with E-state index in [2.05, 4.69) is 41.1 Å². The number of nitrogens with zero attached hydrogens (tertiary/aromatic N) is 10. The smallest absolute Gasteiger partial charge is 0.319 e. The monoisotopic (exact) mass is 743 g/mol. The number of halogens is 4. The van der Waals surface area contributed by atoms with E-state index < -0.39 is 35.3 Å². The van der Waals surface area contributed by atoms with Gasteiger partial charge in [0.2, 0.25) is 0 Å². The van der Waals surface area contributed by atoms with Crippen molar-refractivity contribution in [2.75, 3.05) is 44.2 Å². The molecule has 3 fully saturated rings. The lowest BCUT2D eigenvalue weighted by Gasteiger charge is -2.41. The second-order valence-electron chi connectivity index (χ2n) is 13.7. The first kappa shape index (κ1) is 34.7. The molecule has 272 valence electrons. The molecular formula is C36H33ClF3N11O2. The number of pyridine rings is 1. The molecule has 17 heteroatoms. The quantitative estimate of drug-likeness (QED) is 0.205. The summed E-state index contributed by atoms with van der Waals surface area (Å²) in [6, 6.07) is 3.04. The van der Waals surface area contributed by atoms with E-state index in [-0.39, 0.29) is 66.8 Å². The zero-order chi connectivity index (χ0) is 36.9. The van der Waals surface area contributed by atoms with Crippen molar-refractivity contribution >= 4 is 51.2 Å². The number of nitriles is 1. The lowest BCUT2D eigenvalue weighted by Crippen LogP contribution is -2.55. The minimum atomic E-state index is -1.05. The van der Waals surface area contributed by atoms with Crippen molar-refractivity contribution in [3.8, 4) is 23.3 Å². The van der Waals surface area contributed by atoms with Crippen molar-refractivity contribution in [2.24, 2.45) is 0 Å². The zero-order valence-electron chi connectivity index (χ0n) is 28.6. The molecule has 3 aliphatic heterocycles. The number of amides is 1. The van der Waals surface area contributed by atoms with E-state index in [1.807, 2.05) is 6.07 Å². The van der Waals surface area contributed by atoms with Crippen LogP contribution in [0.3, 0.4) is 0 Å². The Morgan fingerprint density at radius 2 is 2.04 bits per heavy atom. The molecule has 0 unspecified atom stereocenters. The summed E-state index contributed by atoms with van der Waals surface area (Å²) in [5, 5.41) is 17.9. The van der Waals surface area contributed by atoms with Gasteiger partial charge in [-0.3, -0.25) is 29.7 Å². The summed E-state index contributed by atoms with van der Waals surface area (Å²) in [6.07, 6.45) is 9.02. The number of ether oxygens (including phenoxy) is 1. The molecule has 1 amide bonds. The maximum Gasteiger partial charge on any atom is 0.319 e. The van der Waals surface area contributed by atoms with Gasteiger partial charge in [0.1, 0.15) is 29.8 Å². The standard InChI is InChI=1S/C36H33ClF3N11O2/c1-20-11-27-24(16-45-48-27)28(29(20)37)32-30(40)31-25(15-44-32)33(47-35(46-31)53-19-36-4-2-8-50(36)17-21(38)13-36)49-9-10-51(23(18-49)3-5-41)34(52)26(39)12-22-14-42-6-7-43-22/h6-7,11-12,14-16,21,23H,2-4,8-10,13,17-19H2,1H3,(H,45,48)/b26-12-/t21-,23+,36+/m1/s1. The van der Waals surface area contributed by atoms with Gasteiger partial charge in [-0.2, -0.15) is 20.3 Å². The van der Waals surface area contributed by atoms with E-state index in [0.717, 1.165) is 25.5 Å². The van der Waals surface area contributed by atoms with E-state index in [0.29, 0.717) is 40.0 Å². The van der Waals surface area contributed by atoms with Crippen molar-refractivity contribution < 1.29 is 22.7 Å². The van der Waals surface area contributed by atoms with Crippen LogP contribution in [-0.2, 0) is 4.79 Å². The molecule has 4 aromatic heterocycles. The van der Waals surface area contributed by atoms with Gasteiger partial charge in [0.25, 0.3) is 5.91 Å². The van der Waals surface area contributed by atoms with Crippen LogP contribution in [-0.4, -0.2) is 108 Å². The number of rotatable bonds is 8. The maximum absolute atomic E-state index is 16.9. The number of alkyl halides is 1. The Kier molecular flexibility index (Phi) is 9.07. The summed E-state index contributed by atoms with van der Waals surface area (Å²) in [5.41, 5.74) is 1.20. The van der Waals surface area contributed by atoms with E-state index in [9.17, 15) is 14.4 Å². The van der Waals surface area contributed by atoms with Crippen molar-refractivity contribution in [3.05, 3.63) is 65.0 Å². The van der Waals surface area contributed by atoms with Gasteiger partial charge in [-0.15, -0.1) is 0 Å². The molecule has 1 N–H and O–H groups in total. The first-order valence-electron chi connectivity index (χ1n) is 17.2. The second-order valence-corrected chi connectivity index (χ2v) is 14.1. The number of H-pyrrole nitrogens is 1. The number of piperazine rings is 1. The number of aryl methyl sites for hydroxylation is 1. The van der Waals surface area contributed by atoms with Crippen LogP contribution < -0.4 is 9.64 Å². The van der Waals surface area contributed by atoms with Crippen LogP contribution in [0.15, 0.2) is 42.9 Å². The van der Waals surface area contributed by atoms with Gasteiger partial charge in [-0.05, 0) is 37.9 Å². The van der Waals surface area contributed by atoms with Crippen LogP contribution in [0.1, 0.15) is 36.9 Å². The predicted octanol–water partition coefficient (Wildman–Crippen LogP) is 5.36. The highest BCUT2D eigenvalue weighted by molar-refractivity contribution is 6.35. The van der Waals surface area contributed by atoms with E-state index in [1.54, 1.807) is 18.0 Å². The Labute approximate surface area is 306 Å². The third-order valence-electron chi connectivity index (χ3n) is 10.4. The number of anilines is 1. The molecule has 0 spiro atoms. The highest BCUT2D eigenvalue weighted by Crippen LogP contribution is 2.42. The minimum absolute atomic E-state index is 0.0237. The van der Waals surface area contributed by atoms with Gasteiger partial charge in [0.15, 0.2) is 11.6 Å². The summed E-state index contributed by atoms with van der Waals surface area (Å²) in [5.74, 6) is -2.45. The summed E-state index contributed by atoms with van der Waals surface area (Å²) in [6.45, 7) is 3.23. The molecule has 1 aromatic carbocycles. The van der Waals surface area contributed by atoms with Gasteiger partial charge in [0, 0.05) is 68.2 Å². The lowest BCUT2D eigenvalue weighted by molar-refractivity contribution is -0.131. The fourth-order valence-corrected chi connectivity index (χ4v) is 8.14. The molecule has 8 rings (SSSR count). The third-order valence-corrected chi connectivity index (χ3v) is 10.9. The Balaban J connectivity index is 1.18. The van der Waals surface area contributed by atoms with E-state index >= 15 is 8.78 Å². The van der Waals surface area contributed by atoms with Gasteiger partial charge in [0.05, 0.1) is 58.1 Å². The van der Waals surface area contributed by atoms with Crippen LogP contribution in [0, 0.1) is 24.1 Å². The summed E-state index contributed by atoms with van der Waals surface area (Å²) < 4.78 is 53.0. The van der Waals surface area contributed by atoms with Gasteiger partial charge in [-0.25, -0.2) is 13.2 Å². The fourth-order valence-electron chi connectivity index (χ4n) is 7.89. The zero-order valence-corrected chi connectivity index (χ0v) is 29.3. The van der Waals surface area contributed by atoms with Gasteiger partial charge >= 0.3 is 6.01 Å². The maximum atomic E-state index is 16.9. The average molecular weight is 744 g/mol. The molecule has 53 heavy (non-hydrogen) atoms. The van der Waals surface area contributed by atoms with Crippen molar-refractivity contribution in [1.82, 2.24) is 44.9 Å². The van der Waals surface area contributed by atoms with Crippen LogP contribution in [0.5, 0.6) is 6.01 Å². The van der Waals surface area contributed by atoms with Crippen LogP contribution in [0.2, 0.25) is 5.02 Å². The molecule has 3 saturated heterocycles. The topological polar surface area (TPSA) is 153 Å². The summed E-state index contributed by atoms with van der Waals surface area (Å²) >= 11 is 6.76. The van der Waals surface area contributed by atoms with Crippen LogP contribution >= 0.6 is 11.6 Å². The normalized spacial score (nSPS) is 22.1. The summed E-state index contributed by atoms with van der Waals surface area (Å²) in [7, 11) is 0. The minimum Gasteiger partial charge on any atom is -0.461 e. The molecule has 7 heterocycles. The number of benzene rings is 1. The van der Waals surface area contributed by atoms with Crippen molar-refractivity contribution in [1.29, 1.82) is 5.26 Å². The number of hydrogen-bond acceptors (Lipinski definition) is 11. The van der Waals surface area contributed by atoms with E-state index in [4.69, 9.17) is 21.3 Å². The van der Waals surface area contributed by atoms with Crippen LogP contribution in [0.25, 0.3) is 39.1 Å². The Morgan fingerprint density at radius 1 is 1.17 bits per heavy atom. The number of hydrogen-bond donors (Lipinski definition) is 1. The fraction of sp³-hybridized carbons (Fsp3) is 0.389. The number of carbonyl (C=O) groups is 1. The number of fused-ring (bicyclic) bond motifs is 3. The highest BCUT2D eigenvalue weighted by Gasteiger charge is 2.49.